The third-order valence-corrected chi connectivity index (χ3v) is 4.98. The average molecular weight is 519 g/mol. The highest BCUT2D eigenvalue weighted by molar-refractivity contribution is 14.0. The van der Waals surface area contributed by atoms with Gasteiger partial charge in [-0.1, -0.05) is 26.0 Å². The van der Waals surface area contributed by atoms with Gasteiger partial charge in [0, 0.05) is 37.8 Å². The molecule has 0 saturated carbocycles. The second kappa shape index (κ2) is 13.7. The molecule has 0 spiro atoms. The molecule has 2 N–H and O–H groups in total. The summed E-state index contributed by atoms with van der Waals surface area (Å²) in [6.45, 7) is 12.5. The van der Waals surface area contributed by atoms with E-state index in [1.807, 2.05) is 0 Å². The Morgan fingerprint density at radius 3 is 2.48 bits per heavy atom. The number of ether oxygens (including phenoxy) is 1. The number of aliphatic imine (C=N–C) groups is 1. The number of guanidine groups is 1. The lowest BCUT2D eigenvalue weighted by atomic mass is 10.1. The maximum Gasteiger partial charge on any atom is 0.269 e. The van der Waals surface area contributed by atoms with Crippen molar-refractivity contribution in [3.8, 4) is 0 Å². The van der Waals surface area contributed by atoms with E-state index in [1.165, 1.54) is 12.1 Å². The molecule has 1 aromatic carbocycles. The van der Waals surface area contributed by atoms with Gasteiger partial charge in [0.15, 0.2) is 5.96 Å². The zero-order valence-corrected chi connectivity index (χ0v) is 19.9. The van der Waals surface area contributed by atoms with E-state index in [0.717, 1.165) is 57.3 Å². The van der Waals surface area contributed by atoms with Gasteiger partial charge in [0.05, 0.1) is 24.7 Å². The number of benzene rings is 1. The first kappa shape index (κ1) is 25.6. The van der Waals surface area contributed by atoms with E-state index in [-0.39, 0.29) is 34.6 Å². The number of hydrogen-bond acceptors (Lipinski definition) is 5. The molecular formula is C20H34IN5O3. The van der Waals surface area contributed by atoms with Gasteiger partial charge >= 0.3 is 0 Å². The van der Waals surface area contributed by atoms with Gasteiger partial charge < -0.3 is 15.4 Å². The summed E-state index contributed by atoms with van der Waals surface area (Å²) < 4.78 is 5.38. The SMILES string of the molecule is CC(C)C(C)NC(=NCc1ccc([N+](=O)[O-])cc1)NCCCN1CCOCC1.I. The Labute approximate surface area is 190 Å². The summed E-state index contributed by atoms with van der Waals surface area (Å²) >= 11 is 0. The molecule has 29 heavy (non-hydrogen) atoms. The molecule has 0 amide bonds. The van der Waals surface area contributed by atoms with Crippen molar-refractivity contribution in [1.82, 2.24) is 15.5 Å². The minimum Gasteiger partial charge on any atom is -0.379 e. The van der Waals surface area contributed by atoms with Gasteiger partial charge in [-0.3, -0.25) is 15.0 Å². The number of nitro groups is 1. The van der Waals surface area contributed by atoms with Gasteiger partial charge in [0.25, 0.3) is 5.69 Å². The number of rotatable bonds is 9. The van der Waals surface area contributed by atoms with Crippen molar-refractivity contribution in [2.45, 2.75) is 39.8 Å². The summed E-state index contributed by atoms with van der Waals surface area (Å²) in [5.41, 5.74) is 1.04. The van der Waals surface area contributed by atoms with E-state index in [1.54, 1.807) is 12.1 Å². The monoisotopic (exact) mass is 519 g/mol. The summed E-state index contributed by atoms with van der Waals surface area (Å²) in [7, 11) is 0. The van der Waals surface area contributed by atoms with Crippen LogP contribution in [-0.4, -0.2) is 61.2 Å². The molecule has 0 radical (unpaired) electrons. The lowest BCUT2D eigenvalue weighted by Gasteiger charge is -2.26. The van der Waals surface area contributed by atoms with Crippen molar-refractivity contribution in [2.75, 3.05) is 39.4 Å². The minimum absolute atomic E-state index is 0. The van der Waals surface area contributed by atoms with Crippen molar-refractivity contribution in [3.63, 3.8) is 0 Å². The Hall–Kier alpha value is -1.46. The predicted octanol–water partition coefficient (Wildman–Crippen LogP) is 3.01. The largest absolute Gasteiger partial charge is 0.379 e. The van der Waals surface area contributed by atoms with Crippen LogP contribution in [0, 0.1) is 16.0 Å². The van der Waals surface area contributed by atoms with E-state index in [4.69, 9.17) is 4.74 Å². The van der Waals surface area contributed by atoms with Gasteiger partial charge in [-0.2, -0.15) is 0 Å². The summed E-state index contributed by atoms with van der Waals surface area (Å²) in [6, 6.07) is 6.84. The van der Waals surface area contributed by atoms with Crippen molar-refractivity contribution >= 4 is 35.6 Å². The van der Waals surface area contributed by atoms with Crippen LogP contribution in [-0.2, 0) is 11.3 Å². The quantitative estimate of drug-likeness (QED) is 0.130. The van der Waals surface area contributed by atoms with E-state index < -0.39 is 0 Å². The first-order chi connectivity index (χ1) is 13.5. The molecule has 1 atom stereocenters. The van der Waals surface area contributed by atoms with E-state index >= 15 is 0 Å². The second-order valence-corrected chi connectivity index (χ2v) is 7.50. The highest BCUT2D eigenvalue weighted by Gasteiger charge is 2.11. The normalized spacial score (nSPS) is 16.2. The van der Waals surface area contributed by atoms with Gasteiger partial charge in [0.1, 0.15) is 0 Å². The van der Waals surface area contributed by atoms with Gasteiger partial charge in [-0.15, -0.1) is 24.0 Å². The number of non-ortho nitro benzene ring substituents is 1. The molecule has 1 heterocycles. The Morgan fingerprint density at radius 2 is 1.90 bits per heavy atom. The maximum absolute atomic E-state index is 10.8. The smallest absolute Gasteiger partial charge is 0.269 e. The fourth-order valence-electron chi connectivity index (χ4n) is 2.76. The lowest BCUT2D eigenvalue weighted by Crippen LogP contribution is -2.45. The Morgan fingerprint density at radius 1 is 1.24 bits per heavy atom. The highest BCUT2D eigenvalue weighted by Crippen LogP contribution is 2.12. The summed E-state index contributed by atoms with van der Waals surface area (Å²) in [6.07, 6.45) is 1.04. The molecule has 0 aromatic heterocycles. The molecular weight excluding hydrogens is 485 g/mol. The first-order valence-corrected chi connectivity index (χ1v) is 10.0. The Bertz CT molecular complexity index is 634. The van der Waals surface area contributed by atoms with Crippen LogP contribution in [0.2, 0.25) is 0 Å². The zero-order chi connectivity index (χ0) is 20.4. The second-order valence-electron chi connectivity index (χ2n) is 7.50. The number of halogens is 1. The number of nitrogens with zero attached hydrogens (tertiary/aromatic N) is 3. The predicted molar refractivity (Wildman–Crippen MR) is 127 cm³/mol. The molecule has 1 aliphatic rings. The molecule has 164 valence electrons. The van der Waals surface area contributed by atoms with Crippen LogP contribution >= 0.6 is 24.0 Å². The van der Waals surface area contributed by atoms with Crippen LogP contribution in [0.4, 0.5) is 5.69 Å². The van der Waals surface area contributed by atoms with Gasteiger partial charge in [-0.25, -0.2) is 4.99 Å². The number of nitro benzene ring substituents is 1. The van der Waals surface area contributed by atoms with Crippen molar-refractivity contribution in [2.24, 2.45) is 10.9 Å². The lowest BCUT2D eigenvalue weighted by molar-refractivity contribution is -0.384. The molecule has 9 heteroatoms. The summed E-state index contributed by atoms with van der Waals surface area (Å²) in [5, 5.41) is 17.6. The standard InChI is InChI=1S/C20H33N5O3.HI/c1-16(2)17(3)23-20(21-9-4-10-24-11-13-28-14-12-24)22-15-18-5-7-19(8-6-18)25(26)27;/h5-8,16-17H,4,9-15H2,1-3H3,(H2,21,22,23);1H. The molecule has 1 saturated heterocycles. The van der Waals surface area contributed by atoms with Crippen LogP contribution in [0.5, 0.6) is 0 Å². The summed E-state index contributed by atoms with van der Waals surface area (Å²) in [4.78, 5) is 17.5. The van der Waals surface area contributed by atoms with E-state index in [0.29, 0.717) is 18.5 Å². The van der Waals surface area contributed by atoms with Gasteiger partial charge in [0.2, 0.25) is 0 Å². The Kier molecular flexibility index (Phi) is 12.1. The summed E-state index contributed by atoms with van der Waals surface area (Å²) in [5.74, 6) is 1.27. The van der Waals surface area contributed by atoms with E-state index in [9.17, 15) is 10.1 Å². The topological polar surface area (TPSA) is 92.0 Å². The van der Waals surface area contributed by atoms with Crippen LogP contribution in [0.3, 0.4) is 0 Å². The molecule has 1 unspecified atom stereocenters. The molecule has 0 bridgehead atoms. The van der Waals surface area contributed by atoms with Crippen LogP contribution in [0.25, 0.3) is 0 Å². The maximum atomic E-state index is 10.8. The third-order valence-electron chi connectivity index (χ3n) is 4.98. The molecule has 2 rings (SSSR count). The average Bonchev–Trinajstić information content (AvgIpc) is 2.70. The first-order valence-electron chi connectivity index (χ1n) is 10.0. The Balaban J connectivity index is 0.00000420. The third kappa shape index (κ3) is 9.72. The molecule has 8 nitrogen and oxygen atoms in total. The molecule has 1 fully saturated rings. The van der Waals surface area contributed by atoms with Crippen LogP contribution < -0.4 is 10.6 Å². The molecule has 1 aromatic rings. The van der Waals surface area contributed by atoms with Crippen molar-refractivity contribution in [1.29, 1.82) is 0 Å². The fourth-order valence-corrected chi connectivity index (χ4v) is 2.76. The zero-order valence-electron chi connectivity index (χ0n) is 17.6. The number of nitrogens with one attached hydrogen (secondary N) is 2. The number of morpholine rings is 1. The van der Waals surface area contributed by atoms with Gasteiger partial charge in [-0.05, 0) is 31.4 Å². The molecule has 0 aliphatic carbocycles. The van der Waals surface area contributed by atoms with Crippen LogP contribution in [0.1, 0.15) is 32.8 Å². The van der Waals surface area contributed by atoms with Crippen molar-refractivity contribution < 1.29 is 9.66 Å². The molecule has 1 aliphatic heterocycles. The number of hydrogen-bond donors (Lipinski definition) is 2. The van der Waals surface area contributed by atoms with Crippen molar-refractivity contribution in [3.05, 3.63) is 39.9 Å². The minimum atomic E-state index is -0.389. The highest BCUT2D eigenvalue weighted by atomic mass is 127. The van der Waals surface area contributed by atoms with Crippen LogP contribution in [0.15, 0.2) is 29.3 Å². The fraction of sp³-hybridized carbons (Fsp3) is 0.650. The van der Waals surface area contributed by atoms with E-state index in [2.05, 4.69) is 41.3 Å².